The molecule has 4 aromatic heterocycles. The predicted octanol–water partition coefficient (Wildman–Crippen LogP) is 5.10. The third-order valence-corrected chi connectivity index (χ3v) is 8.22. The zero-order chi connectivity index (χ0) is 27.3. The van der Waals surface area contributed by atoms with Gasteiger partial charge in [0.25, 0.3) is 5.56 Å². The fourth-order valence-corrected chi connectivity index (χ4v) is 6.25. The number of nitrogens with zero attached hydrogens (tertiary/aromatic N) is 6. The van der Waals surface area contributed by atoms with Crippen LogP contribution in [-0.4, -0.2) is 39.7 Å². The van der Waals surface area contributed by atoms with Crippen LogP contribution in [0.3, 0.4) is 0 Å². The van der Waals surface area contributed by atoms with Crippen LogP contribution in [0.5, 0.6) is 0 Å². The summed E-state index contributed by atoms with van der Waals surface area (Å²) in [5, 5.41) is 16.3. The first-order chi connectivity index (χ1) is 19.4. The lowest BCUT2D eigenvalue weighted by atomic mass is 10.0. The molecule has 6 aromatic rings. The molecule has 10 nitrogen and oxygen atoms in total. The maximum absolute atomic E-state index is 15.2. The van der Waals surface area contributed by atoms with E-state index in [1.807, 2.05) is 6.07 Å². The Hall–Kier alpha value is -4.48. The number of nitrogens with two attached hydrogens (primary N) is 1. The molecule has 0 bridgehead atoms. The molecule has 4 N–H and O–H groups in total. The lowest BCUT2D eigenvalue weighted by molar-refractivity contribution is 0.504. The number of fused-ring (bicyclic) bond motifs is 4. The third-order valence-electron chi connectivity index (χ3n) is 7.81. The minimum absolute atomic E-state index is 0.143. The summed E-state index contributed by atoms with van der Waals surface area (Å²) in [5.41, 5.74) is 10.1. The molecular formula is C27H18Cl2FN9O. The predicted molar refractivity (Wildman–Crippen MR) is 148 cm³/mol. The van der Waals surface area contributed by atoms with Crippen molar-refractivity contribution in [2.45, 2.75) is 18.4 Å². The van der Waals surface area contributed by atoms with Crippen molar-refractivity contribution >= 4 is 39.9 Å². The summed E-state index contributed by atoms with van der Waals surface area (Å²) in [4.78, 5) is 21.1. The van der Waals surface area contributed by atoms with Gasteiger partial charge in [-0.05, 0) is 54.3 Å². The number of hydrogen-bond donors (Lipinski definition) is 3. The summed E-state index contributed by atoms with van der Waals surface area (Å²) in [6, 6.07) is 13.8. The second-order valence-corrected chi connectivity index (χ2v) is 11.0. The largest absolute Gasteiger partial charge is 0.382 e. The lowest BCUT2D eigenvalue weighted by Crippen LogP contribution is -2.26. The van der Waals surface area contributed by atoms with Gasteiger partial charge in [-0.2, -0.15) is 9.49 Å². The highest BCUT2D eigenvalue weighted by Gasteiger charge is 2.54. The number of aromatic amines is 2. The summed E-state index contributed by atoms with van der Waals surface area (Å²) in [7, 11) is 0. The van der Waals surface area contributed by atoms with Crippen LogP contribution in [0.25, 0.3) is 39.0 Å². The monoisotopic (exact) mass is 573 g/mol. The Bertz CT molecular complexity index is 2060. The molecule has 1 aliphatic heterocycles. The van der Waals surface area contributed by atoms with Gasteiger partial charge in [-0.3, -0.25) is 9.89 Å². The lowest BCUT2D eigenvalue weighted by Gasteiger charge is -2.17. The molecule has 3 atom stereocenters. The van der Waals surface area contributed by atoms with E-state index < -0.39 is 12.0 Å². The molecule has 8 rings (SSSR count). The van der Waals surface area contributed by atoms with Gasteiger partial charge in [0.15, 0.2) is 11.0 Å². The second kappa shape index (κ2) is 8.26. The van der Waals surface area contributed by atoms with Crippen LogP contribution in [-0.2, 0) is 0 Å². The van der Waals surface area contributed by atoms with Crippen molar-refractivity contribution in [1.29, 1.82) is 0 Å². The fraction of sp³-hybridized carbons (Fsp3) is 0.148. The van der Waals surface area contributed by atoms with E-state index in [4.69, 9.17) is 28.9 Å². The SMILES string of the molecule is Nc1n[nH]c2cc(-c3nc(C4C5CC5c5cc(-c6cc(Cl)ccc6-n6cc(Cl)nn6)cc(=O)n54)[nH]c3F)ccc12. The molecule has 1 aliphatic carbocycles. The van der Waals surface area contributed by atoms with Gasteiger partial charge in [0.2, 0.25) is 5.95 Å². The molecule has 2 aromatic carbocycles. The van der Waals surface area contributed by atoms with Gasteiger partial charge >= 0.3 is 0 Å². The number of H-pyrrole nitrogens is 2. The molecule has 2 aliphatic rings. The molecule has 40 heavy (non-hydrogen) atoms. The van der Waals surface area contributed by atoms with E-state index in [9.17, 15) is 4.79 Å². The Morgan fingerprint density at radius 3 is 2.77 bits per heavy atom. The maximum Gasteiger partial charge on any atom is 0.252 e. The average molecular weight is 574 g/mol. The van der Waals surface area contributed by atoms with E-state index in [1.165, 1.54) is 0 Å². The van der Waals surface area contributed by atoms with Gasteiger partial charge in [0.05, 0.1) is 23.4 Å². The van der Waals surface area contributed by atoms with Crippen LogP contribution in [0.4, 0.5) is 10.2 Å². The second-order valence-electron chi connectivity index (χ2n) is 10.1. The summed E-state index contributed by atoms with van der Waals surface area (Å²) >= 11 is 12.3. The number of nitrogens with one attached hydrogen (secondary N) is 2. The molecule has 198 valence electrons. The molecule has 1 saturated carbocycles. The van der Waals surface area contributed by atoms with E-state index in [0.29, 0.717) is 39.0 Å². The summed E-state index contributed by atoms with van der Waals surface area (Å²) in [5.74, 6) is 0.540. The highest BCUT2D eigenvalue weighted by Crippen LogP contribution is 2.60. The van der Waals surface area contributed by atoms with Gasteiger partial charge in [-0.1, -0.05) is 34.5 Å². The average Bonchev–Trinajstić information content (AvgIpc) is 3.21. The number of aromatic nitrogens is 8. The highest BCUT2D eigenvalue weighted by atomic mass is 35.5. The first kappa shape index (κ1) is 23.4. The van der Waals surface area contributed by atoms with Gasteiger partial charge in [-0.25, -0.2) is 9.67 Å². The molecule has 0 spiro atoms. The quantitative estimate of drug-likeness (QED) is 0.268. The zero-order valence-electron chi connectivity index (χ0n) is 20.4. The fourth-order valence-electron chi connectivity index (χ4n) is 5.95. The molecule has 1 fully saturated rings. The van der Waals surface area contributed by atoms with Crippen LogP contribution in [0.2, 0.25) is 10.2 Å². The molecule has 3 unspecified atom stereocenters. The Labute approximate surface area is 234 Å². The van der Waals surface area contributed by atoms with Crippen molar-refractivity contribution in [2.24, 2.45) is 5.92 Å². The third kappa shape index (κ3) is 3.44. The number of nitrogen functional groups attached to an aromatic ring is 1. The van der Waals surface area contributed by atoms with Gasteiger partial charge in [-0.15, -0.1) is 5.10 Å². The van der Waals surface area contributed by atoms with E-state index in [2.05, 4.69) is 30.5 Å². The number of halogens is 3. The van der Waals surface area contributed by atoms with Crippen LogP contribution in [0, 0.1) is 11.9 Å². The standard InChI is InChI=1S/C27H18Cl2FN9O/c28-13-2-4-19(38-10-21(29)35-37-38)15(8-13)12-6-20-16-9-17(16)24(39(20)22(40)7-12)27-32-23(25(30)33-27)11-1-3-14-18(5-11)34-36-26(14)31/h1-8,10,16-17,24H,9H2,(H,32,33)(H3,31,34,36). The van der Waals surface area contributed by atoms with Gasteiger partial charge < -0.3 is 15.3 Å². The molecule has 13 heteroatoms. The zero-order valence-corrected chi connectivity index (χ0v) is 21.9. The molecule has 5 heterocycles. The van der Waals surface area contributed by atoms with Crippen LogP contribution in [0.15, 0.2) is 59.5 Å². The van der Waals surface area contributed by atoms with Crippen molar-refractivity contribution in [3.05, 3.63) is 92.7 Å². The highest BCUT2D eigenvalue weighted by molar-refractivity contribution is 6.31. The number of pyridine rings is 1. The minimum atomic E-state index is -0.563. The van der Waals surface area contributed by atoms with Crippen molar-refractivity contribution in [3.8, 4) is 28.1 Å². The van der Waals surface area contributed by atoms with E-state index in [0.717, 1.165) is 23.1 Å². The van der Waals surface area contributed by atoms with Crippen molar-refractivity contribution in [3.63, 3.8) is 0 Å². The van der Waals surface area contributed by atoms with Crippen molar-refractivity contribution < 1.29 is 4.39 Å². The van der Waals surface area contributed by atoms with Crippen molar-refractivity contribution in [1.82, 2.24) is 39.7 Å². The first-order valence-electron chi connectivity index (χ1n) is 12.5. The van der Waals surface area contributed by atoms with Gasteiger partial charge in [0.1, 0.15) is 11.5 Å². The Balaban J connectivity index is 1.21. The Morgan fingerprint density at radius 2 is 1.95 bits per heavy atom. The Morgan fingerprint density at radius 1 is 1.07 bits per heavy atom. The van der Waals surface area contributed by atoms with Crippen LogP contribution >= 0.6 is 23.2 Å². The topological polar surface area (TPSA) is 136 Å². The number of imidazole rings is 1. The first-order valence-corrected chi connectivity index (χ1v) is 13.3. The van der Waals surface area contributed by atoms with E-state index in [1.54, 1.807) is 57.9 Å². The smallest absolute Gasteiger partial charge is 0.252 e. The summed E-state index contributed by atoms with van der Waals surface area (Å²) < 4.78 is 18.5. The number of rotatable bonds is 4. The summed E-state index contributed by atoms with van der Waals surface area (Å²) in [6.07, 6.45) is 2.47. The number of hydrogen-bond acceptors (Lipinski definition) is 6. The van der Waals surface area contributed by atoms with Crippen molar-refractivity contribution in [2.75, 3.05) is 5.73 Å². The molecule has 0 radical (unpaired) electrons. The number of benzene rings is 2. The summed E-state index contributed by atoms with van der Waals surface area (Å²) in [6.45, 7) is 0. The molecule has 0 saturated heterocycles. The van der Waals surface area contributed by atoms with Crippen LogP contribution < -0.4 is 11.3 Å². The number of anilines is 1. The van der Waals surface area contributed by atoms with E-state index >= 15 is 4.39 Å². The van der Waals surface area contributed by atoms with E-state index in [-0.39, 0.29) is 28.2 Å². The molecular weight excluding hydrogens is 556 g/mol. The van der Waals surface area contributed by atoms with Gasteiger partial charge in [0, 0.05) is 39.2 Å². The molecule has 0 amide bonds. The van der Waals surface area contributed by atoms with Crippen LogP contribution in [0.1, 0.15) is 29.9 Å². The normalized spacial score (nSPS) is 19.2. The maximum atomic E-state index is 15.2. The Kier molecular flexibility index (Phi) is 4.84. The minimum Gasteiger partial charge on any atom is -0.382 e.